The Labute approximate surface area is 131 Å². The summed E-state index contributed by atoms with van der Waals surface area (Å²) in [7, 11) is 0. The molecule has 0 radical (unpaired) electrons. The first kappa shape index (κ1) is 17.2. The van der Waals surface area contributed by atoms with E-state index in [1.165, 1.54) is 110 Å². The third-order valence-electron chi connectivity index (χ3n) is 4.76. The summed E-state index contributed by atoms with van der Waals surface area (Å²) in [6.45, 7) is 12.6. The molecule has 2 fully saturated rings. The van der Waals surface area contributed by atoms with Crippen molar-refractivity contribution in [2.75, 3.05) is 65.4 Å². The third kappa shape index (κ3) is 8.15. The molecule has 0 saturated carbocycles. The lowest BCUT2D eigenvalue weighted by molar-refractivity contribution is 0.329. The van der Waals surface area contributed by atoms with E-state index < -0.39 is 0 Å². The molecule has 2 saturated heterocycles. The molecule has 4 nitrogen and oxygen atoms in total. The van der Waals surface area contributed by atoms with Crippen LogP contribution in [0.3, 0.4) is 0 Å². The molecule has 0 bridgehead atoms. The molecular weight excluding hydrogens is 260 g/mol. The van der Waals surface area contributed by atoms with Crippen LogP contribution < -0.4 is 10.6 Å². The van der Waals surface area contributed by atoms with Crippen LogP contribution in [0.5, 0.6) is 0 Å². The molecule has 0 atom stereocenters. The van der Waals surface area contributed by atoms with Gasteiger partial charge in [-0.25, -0.2) is 0 Å². The first-order valence-electron chi connectivity index (χ1n) is 9.31. The summed E-state index contributed by atoms with van der Waals surface area (Å²) in [6, 6.07) is 0. The molecule has 0 unspecified atom stereocenters. The third-order valence-corrected chi connectivity index (χ3v) is 4.76. The van der Waals surface area contributed by atoms with Crippen LogP contribution in [0.4, 0.5) is 0 Å². The average Bonchev–Trinajstić information content (AvgIpc) is 3.18. The topological polar surface area (TPSA) is 30.5 Å². The molecule has 0 amide bonds. The minimum absolute atomic E-state index is 1.17. The molecule has 0 aromatic heterocycles. The van der Waals surface area contributed by atoms with Crippen molar-refractivity contribution in [3.8, 4) is 0 Å². The summed E-state index contributed by atoms with van der Waals surface area (Å²) in [5.74, 6) is 0. The maximum absolute atomic E-state index is 3.57. The molecule has 2 rings (SSSR count). The number of likely N-dealkylation sites (tertiary alicyclic amines) is 2. The summed E-state index contributed by atoms with van der Waals surface area (Å²) < 4.78 is 0. The van der Waals surface area contributed by atoms with Gasteiger partial charge in [0.05, 0.1) is 0 Å². The Hall–Kier alpha value is -0.160. The zero-order valence-corrected chi connectivity index (χ0v) is 13.9. The van der Waals surface area contributed by atoms with Gasteiger partial charge in [0.2, 0.25) is 0 Å². The van der Waals surface area contributed by atoms with Crippen molar-refractivity contribution in [2.45, 2.75) is 44.9 Å². The molecule has 0 aromatic rings. The minimum Gasteiger partial charge on any atom is -0.317 e. The highest BCUT2D eigenvalue weighted by Crippen LogP contribution is 2.07. The standard InChI is InChI=1S/C17H36N4/c1-2-13-20(12-1)16-6-10-18-8-5-9-19-11-7-17-21-14-3-4-15-21/h18-19H,1-17H2. The Balaban J connectivity index is 1.25. The molecule has 2 N–H and O–H groups in total. The van der Waals surface area contributed by atoms with Gasteiger partial charge < -0.3 is 20.4 Å². The molecule has 21 heavy (non-hydrogen) atoms. The summed E-state index contributed by atoms with van der Waals surface area (Å²) >= 11 is 0. The molecule has 2 aliphatic rings. The second kappa shape index (κ2) is 11.4. The lowest BCUT2D eigenvalue weighted by Crippen LogP contribution is -2.28. The van der Waals surface area contributed by atoms with E-state index in [-0.39, 0.29) is 0 Å². The second-order valence-corrected chi connectivity index (χ2v) is 6.66. The second-order valence-electron chi connectivity index (χ2n) is 6.66. The molecule has 4 heteroatoms. The van der Waals surface area contributed by atoms with E-state index in [1.54, 1.807) is 0 Å². The monoisotopic (exact) mass is 296 g/mol. The van der Waals surface area contributed by atoms with Crippen LogP contribution in [0.1, 0.15) is 44.9 Å². The number of rotatable bonds is 12. The Bertz CT molecular complexity index is 211. The molecule has 124 valence electrons. The fraction of sp³-hybridized carbons (Fsp3) is 1.00. The van der Waals surface area contributed by atoms with Crippen LogP contribution in [0, 0.1) is 0 Å². The SMILES string of the molecule is C(CNCCCN1CCCC1)CNCCCN1CCCC1. The fourth-order valence-corrected chi connectivity index (χ4v) is 3.46. The van der Waals surface area contributed by atoms with Gasteiger partial charge in [0.15, 0.2) is 0 Å². The van der Waals surface area contributed by atoms with Crippen LogP contribution >= 0.6 is 0 Å². The fourth-order valence-electron chi connectivity index (χ4n) is 3.46. The lowest BCUT2D eigenvalue weighted by atomic mass is 10.3. The zero-order chi connectivity index (χ0) is 14.6. The summed E-state index contributed by atoms with van der Waals surface area (Å²) in [5, 5.41) is 7.14. The van der Waals surface area contributed by atoms with Gasteiger partial charge in [0, 0.05) is 0 Å². The average molecular weight is 297 g/mol. The molecular formula is C17H36N4. The predicted molar refractivity (Wildman–Crippen MR) is 90.9 cm³/mol. The molecule has 2 aliphatic heterocycles. The van der Waals surface area contributed by atoms with E-state index in [2.05, 4.69) is 20.4 Å². The number of hydrogen-bond donors (Lipinski definition) is 2. The van der Waals surface area contributed by atoms with Gasteiger partial charge in [-0.2, -0.15) is 0 Å². The Morgan fingerprint density at radius 2 is 0.905 bits per heavy atom. The molecule has 0 aliphatic carbocycles. The van der Waals surface area contributed by atoms with E-state index >= 15 is 0 Å². The van der Waals surface area contributed by atoms with Crippen LogP contribution in [0.2, 0.25) is 0 Å². The van der Waals surface area contributed by atoms with Gasteiger partial charge in [-0.1, -0.05) is 0 Å². The van der Waals surface area contributed by atoms with Crippen molar-refractivity contribution >= 4 is 0 Å². The van der Waals surface area contributed by atoms with Crippen LogP contribution in [0.15, 0.2) is 0 Å². The summed E-state index contributed by atoms with van der Waals surface area (Å²) in [6.07, 6.45) is 9.53. The Kier molecular flexibility index (Phi) is 9.35. The van der Waals surface area contributed by atoms with E-state index in [4.69, 9.17) is 0 Å². The highest BCUT2D eigenvalue weighted by molar-refractivity contribution is 4.67. The zero-order valence-electron chi connectivity index (χ0n) is 13.9. The van der Waals surface area contributed by atoms with E-state index in [0.717, 1.165) is 0 Å². The number of hydrogen-bond acceptors (Lipinski definition) is 4. The maximum Gasteiger partial charge on any atom is -0.000664 e. The number of nitrogens with one attached hydrogen (secondary N) is 2. The van der Waals surface area contributed by atoms with Gasteiger partial charge in [-0.05, 0) is 110 Å². The van der Waals surface area contributed by atoms with Crippen molar-refractivity contribution in [1.82, 2.24) is 20.4 Å². The Morgan fingerprint density at radius 3 is 1.33 bits per heavy atom. The summed E-state index contributed by atoms with van der Waals surface area (Å²) in [5.41, 5.74) is 0. The normalized spacial score (nSPS) is 20.6. The van der Waals surface area contributed by atoms with Crippen LogP contribution in [-0.4, -0.2) is 75.2 Å². The van der Waals surface area contributed by atoms with Crippen LogP contribution in [0.25, 0.3) is 0 Å². The van der Waals surface area contributed by atoms with Crippen molar-refractivity contribution in [3.05, 3.63) is 0 Å². The van der Waals surface area contributed by atoms with E-state index in [0.29, 0.717) is 0 Å². The van der Waals surface area contributed by atoms with Gasteiger partial charge in [-0.3, -0.25) is 0 Å². The van der Waals surface area contributed by atoms with E-state index in [1.807, 2.05) is 0 Å². The first-order valence-corrected chi connectivity index (χ1v) is 9.31. The highest BCUT2D eigenvalue weighted by atomic mass is 15.1. The van der Waals surface area contributed by atoms with Crippen molar-refractivity contribution in [2.24, 2.45) is 0 Å². The van der Waals surface area contributed by atoms with Crippen LogP contribution in [-0.2, 0) is 0 Å². The van der Waals surface area contributed by atoms with Gasteiger partial charge >= 0.3 is 0 Å². The van der Waals surface area contributed by atoms with Crippen molar-refractivity contribution < 1.29 is 0 Å². The minimum atomic E-state index is 1.17. The molecule has 2 heterocycles. The smallest absolute Gasteiger partial charge is 0.000664 e. The van der Waals surface area contributed by atoms with Crippen molar-refractivity contribution in [3.63, 3.8) is 0 Å². The van der Waals surface area contributed by atoms with Gasteiger partial charge in [0.1, 0.15) is 0 Å². The Morgan fingerprint density at radius 1 is 0.524 bits per heavy atom. The lowest BCUT2D eigenvalue weighted by Gasteiger charge is -2.15. The highest BCUT2D eigenvalue weighted by Gasteiger charge is 2.10. The number of nitrogens with zero attached hydrogens (tertiary/aromatic N) is 2. The summed E-state index contributed by atoms with van der Waals surface area (Å²) in [4.78, 5) is 5.20. The van der Waals surface area contributed by atoms with Crippen molar-refractivity contribution in [1.29, 1.82) is 0 Å². The predicted octanol–water partition coefficient (Wildman–Crippen LogP) is 1.53. The molecule has 0 spiro atoms. The van der Waals surface area contributed by atoms with E-state index in [9.17, 15) is 0 Å². The largest absolute Gasteiger partial charge is 0.317 e. The maximum atomic E-state index is 3.57. The van der Waals surface area contributed by atoms with Gasteiger partial charge in [-0.15, -0.1) is 0 Å². The van der Waals surface area contributed by atoms with Gasteiger partial charge in [0.25, 0.3) is 0 Å². The molecule has 0 aromatic carbocycles. The first-order chi connectivity index (χ1) is 10.4. The quantitative estimate of drug-likeness (QED) is 0.535.